The van der Waals surface area contributed by atoms with Gasteiger partial charge in [-0.1, -0.05) is 18.2 Å². The van der Waals surface area contributed by atoms with E-state index in [0.29, 0.717) is 29.8 Å². The highest BCUT2D eigenvalue weighted by Gasteiger charge is 2.17. The molecule has 106 valence electrons. The molecule has 0 fully saturated rings. The first-order valence-corrected chi connectivity index (χ1v) is 6.34. The Balaban J connectivity index is 2.37. The van der Waals surface area contributed by atoms with Crippen LogP contribution in [0.5, 0.6) is 0 Å². The van der Waals surface area contributed by atoms with Crippen LogP contribution in [0.15, 0.2) is 34.8 Å². The molecule has 0 saturated carbocycles. The summed E-state index contributed by atoms with van der Waals surface area (Å²) in [6.45, 7) is 1.89. The first kappa shape index (κ1) is 14.4. The van der Waals surface area contributed by atoms with Crippen molar-refractivity contribution in [3.05, 3.63) is 41.0 Å². The predicted octanol–water partition coefficient (Wildman–Crippen LogP) is 4.06. The van der Waals surface area contributed by atoms with Gasteiger partial charge in [-0.3, -0.25) is 9.79 Å². The van der Waals surface area contributed by atoms with Gasteiger partial charge in [0, 0.05) is 16.8 Å². The van der Waals surface area contributed by atoms with Crippen molar-refractivity contribution in [2.45, 2.75) is 32.6 Å². The number of carboxylic acids is 1. The Morgan fingerprint density at radius 1 is 1.40 bits per heavy atom. The van der Waals surface area contributed by atoms with Gasteiger partial charge in [-0.15, -0.1) is 0 Å². The van der Waals surface area contributed by atoms with E-state index in [1.807, 2.05) is 6.92 Å². The van der Waals surface area contributed by atoms with Gasteiger partial charge in [-0.25, -0.2) is 8.78 Å². The lowest BCUT2D eigenvalue weighted by atomic mass is 9.97. The minimum absolute atomic E-state index is 0.0524. The molecule has 0 spiro atoms. The molecule has 0 aliphatic carbocycles. The maximum absolute atomic E-state index is 12.7. The second-order valence-corrected chi connectivity index (χ2v) is 4.80. The molecular weight excluding hydrogens is 264 g/mol. The molecule has 5 heteroatoms. The van der Waals surface area contributed by atoms with Crippen molar-refractivity contribution in [2.75, 3.05) is 0 Å². The molecule has 1 aliphatic heterocycles. The average Bonchev–Trinajstić information content (AvgIpc) is 2.40. The number of rotatable bonds is 4. The topological polar surface area (TPSA) is 49.7 Å². The third-order valence-corrected chi connectivity index (χ3v) is 3.23. The van der Waals surface area contributed by atoms with Gasteiger partial charge in [0.25, 0.3) is 6.43 Å². The van der Waals surface area contributed by atoms with Crippen molar-refractivity contribution in [3.63, 3.8) is 0 Å². The zero-order valence-electron chi connectivity index (χ0n) is 11.1. The highest BCUT2D eigenvalue weighted by molar-refractivity contribution is 6.02. The smallest absolute Gasteiger partial charge is 0.309 e. The Hall–Kier alpha value is -2.04. The summed E-state index contributed by atoms with van der Waals surface area (Å²) in [6.07, 6.45) is -1.32. The number of halogens is 2. The molecule has 2 rings (SSSR count). The van der Waals surface area contributed by atoms with Crippen molar-refractivity contribution in [2.24, 2.45) is 4.99 Å². The fourth-order valence-electron chi connectivity index (χ4n) is 2.19. The number of hydrogen-bond donors (Lipinski definition) is 1. The zero-order chi connectivity index (χ0) is 14.7. The molecule has 0 unspecified atom stereocenters. The first-order valence-electron chi connectivity index (χ1n) is 6.34. The number of aliphatic imine (C=N–C) groups is 1. The lowest BCUT2D eigenvalue weighted by molar-refractivity contribution is -0.135. The van der Waals surface area contributed by atoms with E-state index >= 15 is 0 Å². The maximum Gasteiger partial charge on any atom is 0.309 e. The van der Waals surface area contributed by atoms with Gasteiger partial charge in [0.2, 0.25) is 0 Å². The minimum Gasteiger partial charge on any atom is -0.481 e. The fraction of sp³-hybridized carbons (Fsp3) is 0.333. The molecule has 0 saturated heterocycles. The first-order chi connectivity index (χ1) is 9.47. The summed E-state index contributed by atoms with van der Waals surface area (Å²) in [6, 6.07) is 6.07. The van der Waals surface area contributed by atoms with Crippen LogP contribution in [0.25, 0.3) is 5.70 Å². The highest BCUT2D eigenvalue weighted by Crippen LogP contribution is 2.30. The van der Waals surface area contributed by atoms with Crippen molar-refractivity contribution in [1.82, 2.24) is 0 Å². The summed E-state index contributed by atoms with van der Waals surface area (Å²) in [5.74, 6) is -0.927. The van der Waals surface area contributed by atoms with Crippen LogP contribution in [0, 0.1) is 0 Å². The Kier molecular flexibility index (Phi) is 4.27. The molecule has 0 bridgehead atoms. The Morgan fingerprint density at radius 2 is 2.15 bits per heavy atom. The molecule has 0 radical (unpaired) electrons. The molecular formula is C15H15F2NO2. The average molecular weight is 279 g/mol. The van der Waals surface area contributed by atoms with Crippen LogP contribution in [0.1, 0.15) is 43.7 Å². The number of aliphatic carboxylic acids is 1. The maximum atomic E-state index is 12.7. The van der Waals surface area contributed by atoms with Crippen molar-refractivity contribution in [3.8, 4) is 0 Å². The van der Waals surface area contributed by atoms with E-state index in [-0.39, 0.29) is 12.0 Å². The second-order valence-electron chi connectivity index (χ2n) is 4.80. The molecule has 1 heterocycles. The summed E-state index contributed by atoms with van der Waals surface area (Å²) in [4.78, 5) is 15.1. The molecule has 0 aromatic heterocycles. The van der Waals surface area contributed by atoms with Gasteiger partial charge in [-0.2, -0.15) is 0 Å². The number of allylic oxidation sites excluding steroid dienone is 1. The van der Waals surface area contributed by atoms with E-state index in [2.05, 4.69) is 4.99 Å². The van der Waals surface area contributed by atoms with Gasteiger partial charge >= 0.3 is 5.97 Å². The normalized spacial score (nSPS) is 15.5. The summed E-state index contributed by atoms with van der Waals surface area (Å²) >= 11 is 0. The summed E-state index contributed by atoms with van der Waals surface area (Å²) in [7, 11) is 0. The van der Waals surface area contributed by atoms with E-state index in [4.69, 9.17) is 5.11 Å². The molecule has 0 atom stereocenters. The van der Waals surface area contributed by atoms with E-state index in [9.17, 15) is 13.6 Å². The molecule has 3 nitrogen and oxygen atoms in total. The van der Waals surface area contributed by atoms with Crippen LogP contribution in [0.4, 0.5) is 8.78 Å². The van der Waals surface area contributed by atoms with Gasteiger partial charge in [0.05, 0.1) is 12.1 Å². The lowest BCUT2D eigenvalue weighted by Crippen LogP contribution is -2.11. The monoisotopic (exact) mass is 279 g/mol. The van der Waals surface area contributed by atoms with E-state index in [1.165, 1.54) is 12.1 Å². The molecule has 1 aromatic carbocycles. The predicted molar refractivity (Wildman–Crippen MR) is 72.9 cm³/mol. The molecule has 1 aromatic rings. The van der Waals surface area contributed by atoms with Crippen LogP contribution < -0.4 is 0 Å². The summed E-state index contributed by atoms with van der Waals surface area (Å²) in [5, 5.41) is 8.81. The van der Waals surface area contributed by atoms with Crippen molar-refractivity contribution >= 4 is 17.4 Å². The number of alkyl halides is 2. The number of benzene rings is 1. The summed E-state index contributed by atoms with van der Waals surface area (Å²) in [5.41, 5.74) is 2.76. The van der Waals surface area contributed by atoms with Crippen LogP contribution in [0.3, 0.4) is 0 Å². The van der Waals surface area contributed by atoms with E-state index < -0.39 is 12.4 Å². The fourth-order valence-corrected chi connectivity index (χ4v) is 2.19. The Morgan fingerprint density at radius 3 is 2.80 bits per heavy atom. The Bertz CT molecular complexity index is 591. The summed E-state index contributed by atoms with van der Waals surface area (Å²) < 4.78 is 25.5. The van der Waals surface area contributed by atoms with Gasteiger partial charge in [0.1, 0.15) is 0 Å². The minimum atomic E-state index is -2.53. The molecule has 1 aliphatic rings. The quantitative estimate of drug-likeness (QED) is 0.903. The SMILES string of the molecule is CC1=C(c2cccc(C(F)F)c2)N=C(CC(=O)O)CC1. The standard InChI is InChI=1S/C15H15F2NO2/c1-9-5-6-12(8-13(19)20)18-14(9)10-3-2-4-11(7-10)15(16)17/h2-4,7,15H,5-6,8H2,1H3,(H,19,20). The largest absolute Gasteiger partial charge is 0.481 e. The highest BCUT2D eigenvalue weighted by atomic mass is 19.3. The third-order valence-electron chi connectivity index (χ3n) is 3.23. The van der Waals surface area contributed by atoms with Crippen LogP contribution in [-0.2, 0) is 4.79 Å². The van der Waals surface area contributed by atoms with Crippen molar-refractivity contribution < 1.29 is 18.7 Å². The molecule has 20 heavy (non-hydrogen) atoms. The van der Waals surface area contributed by atoms with E-state index in [0.717, 1.165) is 5.57 Å². The number of carbonyl (C=O) groups is 1. The van der Waals surface area contributed by atoms with E-state index in [1.54, 1.807) is 12.1 Å². The van der Waals surface area contributed by atoms with Crippen LogP contribution in [0.2, 0.25) is 0 Å². The third kappa shape index (κ3) is 3.29. The molecule has 0 amide bonds. The lowest BCUT2D eigenvalue weighted by Gasteiger charge is -2.17. The van der Waals surface area contributed by atoms with Gasteiger partial charge < -0.3 is 5.11 Å². The number of carboxylic acid groups (broad SMARTS) is 1. The van der Waals surface area contributed by atoms with Gasteiger partial charge in [-0.05, 0) is 31.4 Å². The zero-order valence-corrected chi connectivity index (χ0v) is 11.1. The number of hydrogen-bond acceptors (Lipinski definition) is 2. The number of nitrogens with zero attached hydrogens (tertiary/aromatic N) is 1. The van der Waals surface area contributed by atoms with Crippen LogP contribution >= 0.6 is 0 Å². The van der Waals surface area contributed by atoms with Crippen molar-refractivity contribution in [1.29, 1.82) is 0 Å². The van der Waals surface area contributed by atoms with Gasteiger partial charge in [0.15, 0.2) is 0 Å². The Labute approximate surface area is 115 Å². The second kappa shape index (κ2) is 5.94. The van der Waals surface area contributed by atoms with Crippen LogP contribution in [-0.4, -0.2) is 16.8 Å². The molecule has 1 N–H and O–H groups in total.